The molecule has 0 aliphatic heterocycles. The van der Waals surface area contributed by atoms with Crippen LogP contribution in [0.1, 0.15) is 15.9 Å². The van der Waals surface area contributed by atoms with Crippen LogP contribution in [-0.4, -0.2) is 17.8 Å². The summed E-state index contributed by atoms with van der Waals surface area (Å²) in [5.74, 6) is -0.814. The summed E-state index contributed by atoms with van der Waals surface area (Å²) in [6, 6.07) is 3.14. The largest absolute Gasteiger partial charge is 0.427 e. The fraction of sp³-hybridized carbons (Fsp3) is 0.111. The molecule has 0 saturated heterocycles. The van der Waals surface area contributed by atoms with Crippen molar-refractivity contribution in [3.05, 3.63) is 33.4 Å². The second-order valence-electron chi connectivity index (χ2n) is 2.78. The molecule has 0 bridgehead atoms. The summed E-state index contributed by atoms with van der Waals surface area (Å²) in [6.07, 6.45) is 0.267. The average molecular weight is 242 g/mol. The van der Waals surface area contributed by atoms with Crippen LogP contribution in [0.15, 0.2) is 12.1 Å². The van der Waals surface area contributed by atoms with E-state index in [2.05, 4.69) is 4.74 Å². The number of nitriles is 1. The summed E-state index contributed by atoms with van der Waals surface area (Å²) in [5, 5.41) is 19.3. The SMILES string of the molecule is N#Cc1cc(C=O)cc(OC(F)F)c1[N+](=O)[O-]. The normalized spacial score (nSPS) is 9.76. The van der Waals surface area contributed by atoms with E-state index in [1.807, 2.05) is 0 Å². The Balaban J connectivity index is 3.47. The zero-order valence-corrected chi connectivity index (χ0v) is 8.09. The summed E-state index contributed by atoms with van der Waals surface area (Å²) in [7, 11) is 0. The van der Waals surface area contributed by atoms with E-state index in [0.29, 0.717) is 0 Å². The summed E-state index contributed by atoms with van der Waals surface area (Å²) in [6.45, 7) is -3.29. The summed E-state index contributed by atoms with van der Waals surface area (Å²) in [5.41, 5.74) is -1.57. The van der Waals surface area contributed by atoms with Gasteiger partial charge in [-0.15, -0.1) is 0 Å². The molecule has 0 unspecified atom stereocenters. The molecule has 0 aromatic heterocycles. The van der Waals surface area contributed by atoms with Crippen LogP contribution in [0.3, 0.4) is 0 Å². The Morgan fingerprint density at radius 2 is 2.18 bits per heavy atom. The molecule has 0 fully saturated rings. The number of halogens is 2. The summed E-state index contributed by atoms with van der Waals surface area (Å²) < 4.78 is 27.9. The van der Waals surface area contributed by atoms with Crippen molar-refractivity contribution in [1.29, 1.82) is 5.26 Å². The van der Waals surface area contributed by atoms with Crippen molar-refractivity contribution in [2.45, 2.75) is 6.61 Å². The molecule has 1 aromatic carbocycles. The van der Waals surface area contributed by atoms with Crippen LogP contribution in [0, 0.1) is 21.4 Å². The highest BCUT2D eigenvalue weighted by Crippen LogP contribution is 2.32. The average Bonchev–Trinajstić information content (AvgIpc) is 2.26. The minimum absolute atomic E-state index is 0.164. The quantitative estimate of drug-likeness (QED) is 0.456. The lowest BCUT2D eigenvalue weighted by Gasteiger charge is -2.06. The maximum atomic E-state index is 12.0. The maximum Gasteiger partial charge on any atom is 0.387 e. The van der Waals surface area contributed by atoms with E-state index >= 15 is 0 Å². The first-order chi connectivity index (χ1) is 7.99. The van der Waals surface area contributed by atoms with Crippen molar-refractivity contribution in [3.8, 4) is 11.8 Å². The summed E-state index contributed by atoms with van der Waals surface area (Å²) >= 11 is 0. The van der Waals surface area contributed by atoms with Crippen molar-refractivity contribution >= 4 is 12.0 Å². The monoisotopic (exact) mass is 242 g/mol. The molecular formula is C9H4F2N2O4. The van der Waals surface area contributed by atoms with Crippen LogP contribution in [-0.2, 0) is 0 Å². The number of ether oxygens (including phenoxy) is 1. The molecule has 17 heavy (non-hydrogen) atoms. The van der Waals surface area contributed by atoms with Gasteiger partial charge in [0.25, 0.3) is 0 Å². The molecule has 0 heterocycles. The van der Waals surface area contributed by atoms with Crippen molar-refractivity contribution in [2.24, 2.45) is 0 Å². The number of rotatable bonds is 4. The molecular weight excluding hydrogens is 238 g/mol. The fourth-order valence-corrected chi connectivity index (χ4v) is 1.16. The zero-order valence-electron chi connectivity index (χ0n) is 8.09. The van der Waals surface area contributed by atoms with E-state index in [1.54, 1.807) is 0 Å². The Hall–Kier alpha value is -2.56. The van der Waals surface area contributed by atoms with Gasteiger partial charge in [0.15, 0.2) is 0 Å². The van der Waals surface area contributed by atoms with Gasteiger partial charge in [0.2, 0.25) is 5.75 Å². The second-order valence-corrected chi connectivity index (χ2v) is 2.78. The number of hydrogen-bond acceptors (Lipinski definition) is 5. The molecule has 8 heteroatoms. The number of benzene rings is 1. The number of hydrogen-bond donors (Lipinski definition) is 0. The predicted octanol–water partition coefficient (Wildman–Crippen LogP) is 1.88. The number of nitro benzene ring substituents is 1. The predicted molar refractivity (Wildman–Crippen MR) is 49.8 cm³/mol. The molecule has 1 rings (SSSR count). The third-order valence-corrected chi connectivity index (χ3v) is 1.75. The van der Waals surface area contributed by atoms with Gasteiger partial charge in [0.05, 0.1) is 4.92 Å². The third kappa shape index (κ3) is 2.72. The summed E-state index contributed by atoms with van der Waals surface area (Å²) in [4.78, 5) is 20.1. The van der Waals surface area contributed by atoms with Gasteiger partial charge in [0, 0.05) is 5.56 Å². The zero-order chi connectivity index (χ0) is 13.0. The van der Waals surface area contributed by atoms with Crippen molar-refractivity contribution in [1.82, 2.24) is 0 Å². The third-order valence-electron chi connectivity index (χ3n) is 1.75. The highest BCUT2D eigenvalue weighted by molar-refractivity contribution is 5.79. The van der Waals surface area contributed by atoms with Crippen LogP contribution in [0.2, 0.25) is 0 Å². The molecule has 0 N–H and O–H groups in total. The highest BCUT2D eigenvalue weighted by atomic mass is 19.3. The van der Waals surface area contributed by atoms with E-state index in [1.165, 1.54) is 6.07 Å². The van der Waals surface area contributed by atoms with Gasteiger partial charge >= 0.3 is 12.3 Å². The van der Waals surface area contributed by atoms with Gasteiger partial charge in [-0.1, -0.05) is 0 Å². The van der Waals surface area contributed by atoms with Crippen LogP contribution >= 0.6 is 0 Å². The molecule has 88 valence electrons. The molecule has 0 radical (unpaired) electrons. The van der Waals surface area contributed by atoms with E-state index < -0.39 is 28.5 Å². The molecule has 1 aromatic rings. The van der Waals surface area contributed by atoms with E-state index in [9.17, 15) is 23.7 Å². The van der Waals surface area contributed by atoms with Gasteiger partial charge in [-0.3, -0.25) is 14.9 Å². The molecule has 6 nitrogen and oxygen atoms in total. The Labute approximate surface area is 93.2 Å². The van der Waals surface area contributed by atoms with Crippen molar-refractivity contribution in [3.63, 3.8) is 0 Å². The molecule has 0 atom stereocenters. The molecule has 0 spiro atoms. The Morgan fingerprint density at radius 3 is 2.59 bits per heavy atom. The number of carbonyl (C=O) groups is 1. The van der Waals surface area contributed by atoms with Crippen molar-refractivity contribution < 1.29 is 23.2 Å². The molecule has 0 aliphatic rings. The smallest absolute Gasteiger partial charge is 0.387 e. The minimum atomic E-state index is -3.29. The van der Waals surface area contributed by atoms with Crippen LogP contribution in [0.25, 0.3) is 0 Å². The van der Waals surface area contributed by atoms with Gasteiger partial charge in [0.1, 0.15) is 17.9 Å². The Morgan fingerprint density at radius 1 is 1.53 bits per heavy atom. The van der Waals surface area contributed by atoms with Crippen molar-refractivity contribution in [2.75, 3.05) is 0 Å². The van der Waals surface area contributed by atoms with Gasteiger partial charge in [-0.05, 0) is 12.1 Å². The standard InChI is InChI=1S/C9H4F2N2O4/c10-9(11)17-7-2-5(4-14)1-6(3-12)8(7)13(15)16/h1-2,4,9H. The lowest BCUT2D eigenvalue weighted by Crippen LogP contribution is -2.06. The van der Waals surface area contributed by atoms with Crippen LogP contribution in [0.4, 0.5) is 14.5 Å². The van der Waals surface area contributed by atoms with Crippen LogP contribution < -0.4 is 4.74 Å². The first kappa shape index (κ1) is 12.5. The topological polar surface area (TPSA) is 93.2 Å². The highest BCUT2D eigenvalue weighted by Gasteiger charge is 2.24. The Bertz CT molecular complexity index is 510. The number of nitrogens with zero attached hydrogens (tertiary/aromatic N) is 2. The van der Waals surface area contributed by atoms with Gasteiger partial charge in [-0.2, -0.15) is 14.0 Å². The van der Waals surface area contributed by atoms with Gasteiger partial charge < -0.3 is 4.74 Å². The van der Waals surface area contributed by atoms with E-state index in [0.717, 1.165) is 12.1 Å². The first-order valence-electron chi connectivity index (χ1n) is 4.12. The number of aldehydes is 1. The lowest BCUT2D eigenvalue weighted by atomic mass is 10.1. The van der Waals surface area contributed by atoms with E-state index in [4.69, 9.17) is 5.26 Å². The van der Waals surface area contributed by atoms with Crippen LogP contribution in [0.5, 0.6) is 5.75 Å². The first-order valence-corrected chi connectivity index (χ1v) is 4.12. The maximum absolute atomic E-state index is 12.0. The lowest BCUT2D eigenvalue weighted by molar-refractivity contribution is -0.386. The number of nitro groups is 1. The number of carbonyl (C=O) groups excluding carboxylic acids is 1. The molecule has 0 aliphatic carbocycles. The second kappa shape index (κ2) is 4.98. The molecule has 0 saturated carbocycles. The number of alkyl halides is 2. The minimum Gasteiger partial charge on any atom is -0.427 e. The molecule has 0 amide bonds. The van der Waals surface area contributed by atoms with Gasteiger partial charge in [-0.25, -0.2) is 0 Å². The fourth-order valence-electron chi connectivity index (χ4n) is 1.16. The Kier molecular flexibility index (Phi) is 3.66. The van der Waals surface area contributed by atoms with E-state index in [-0.39, 0.29) is 11.8 Å².